The lowest BCUT2D eigenvalue weighted by Gasteiger charge is -2.33. The van der Waals surface area contributed by atoms with E-state index in [-0.39, 0.29) is 18.9 Å². The van der Waals surface area contributed by atoms with Gasteiger partial charge in [-0.2, -0.15) is 0 Å². The number of aromatic nitrogens is 1. The molecule has 9 heteroatoms. The van der Waals surface area contributed by atoms with Crippen molar-refractivity contribution < 1.29 is 22.5 Å². The van der Waals surface area contributed by atoms with Gasteiger partial charge in [-0.1, -0.05) is 5.16 Å². The minimum absolute atomic E-state index is 0.0644. The summed E-state index contributed by atoms with van der Waals surface area (Å²) >= 11 is 0. The van der Waals surface area contributed by atoms with Crippen LogP contribution in [-0.4, -0.2) is 68.2 Å². The van der Waals surface area contributed by atoms with Crippen LogP contribution in [0, 0.1) is 0 Å². The fraction of sp³-hybridized carbons (Fsp3) is 0.529. The van der Waals surface area contributed by atoms with Gasteiger partial charge >= 0.3 is 0 Å². The van der Waals surface area contributed by atoms with Gasteiger partial charge in [0.25, 0.3) is 0 Å². The van der Waals surface area contributed by atoms with Crippen molar-refractivity contribution in [1.82, 2.24) is 14.4 Å². The maximum absolute atomic E-state index is 12.7. The number of methoxy groups -OCH3 is 1. The molecule has 1 saturated heterocycles. The molecule has 26 heavy (non-hydrogen) atoms. The molecule has 0 N–H and O–H groups in total. The molecule has 2 aromatic rings. The molecule has 1 amide bonds. The average Bonchev–Trinajstić information content (AvgIpc) is 3.03. The number of fused-ring (bicyclic) bond motifs is 1. The molecule has 1 aliphatic rings. The summed E-state index contributed by atoms with van der Waals surface area (Å²) in [4.78, 5) is 14.3. The van der Waals surface area contributed by atoms with Gasteiger partial charge < -0.3 is 14.2 Å². The largest absolute Gasteiger partial charge is 0.497 e. The number of carbonyl (C=O) groups excluding carboxylic acids is 1. The number of ether oxygens (including phenoxy) is 1. The second-order valence-electron chi connectivity index (χ2n) is 6.60. The molecule has 1 atom stereocenters. The standard InChI is InChI=1S/C17H23N3O5S/c1-19(2)26(22,23)13-5-4-8-20(11-13)17(21)10-15-14-9-12(24-3)6-7-16(14)25-18-15/h6-7,9,13H,4-5,8,10-11H2,1-3H3/t13-/m0/s1. The van der Waals surface area contributed by atoms with E-state index in [1.807, 2.05) is 0 Å². The van der Waals surface area contributed by atoms with Crippen molar-refractivity contribution in [2.75, 3.05) is 34.3 Å². The topological polar surface area (TPSA) is 93.0 Å². The Morgan fingerprint density at radius 2 is 2.19 bits per heavy atom. The second kappa shape index (κ2) is 7.24. The van der Waals surface area contributed by atoms with Crippen LogP contribution in [0.25, 0.3) is 11.0 Å². The van der Waals surface area contributed by atoms with Crippen LogP contribution < -0.4 is 4.74 Å². The molecule has 1 aromatic heterocycles. The summed E-state index contributed by atoms with van der Waals surface area (Å²) in [5.41, 5.74) is 1.11. The quantitative estimate of drug-likeness (QED) is 0.774. The predicted octanol–water partition coefficient (Wildman–Crippen LogP) is 1.26. The molecule has 0 bridgehead atoms. The molecule has 0 radical (unpaired) electrons. The first-order chi connectivity index (χ1) is 12.3. The van der Waals surface area contributed by atoms with E-state index in [0.717, 1.165) is 5.39 Å². The molecule has 1 fully saturated rings. The number of hydrogen-bond acceptors (Lipinski definition) is 6. The van der Waals surface area contributed by atoms with Gasteiger partial charge in [0.2, 0.25) is 15.9 Å². The van der Waals surface area contributed by atoms with Crippen molar-refractivity contribution in [2.24, 2.45) is 0 Å². The molecule has 0 saturated carbocycles. The maximum Gasteiger partial charge on any atom is 0.228 e. The van der Waals surface area contributed by atoms with Crippen LogP contribution in [0.3, 0.4) is 0 Å². The Bertz CT molecular complexity index is 906. The van der Waals surface area contributed by atoms with Crippen molar-refractivity contribution in [1.29, 1.82) is 0 Å². The first-order valence-corrected chi connectivity index (χ1v) is 9.94. The summed E-state index contributed by atoms with van der Waals surface area (Å²) < 4.78 is 36.4. The summed E-state index contributed by atoms with van der Waals surface area (Å²) in [6.07, 6.45) is 1.29. The molecule has 0 aliphatic carbocycles. The fourth-order valence-corrected chi connectivity index (χ4v) is 4.61. The minimum atomic E-state index is -3.38. The van der Waals surface area contributed by atoms with Gasteiger partial charge in [0.05, 0.1) is 18.8 Å². The van der Waals surface area contributed by atoms with Crippen molar-refractivity contribution in [3.8, 4) is 5.75 Å². The van der Waals surface area contributed by atoms with Gasteiger partial charge in [-0.15, -0.1) is 0 Å². The van der Waals surface area contributed by atoms with Crippen LogP contribution in [0.1, 0.15) is 18.5 Å². The average molecular weight is 381 g/mol. The summed E-state index contributed by atoms with van der Waals surface area (Å²) in [7, 11) is 1.22. The monoisotopic (exact) mass is 381 g/mol. The highest BCUT2D eigenvalue weighted by Crippen LogP contribution is 2.25. The molecule has 8 nitrogen and oxygen atoms in total. The van der Waals surface area contributed by atoms with Crippen LogP contribution in [0.4, 0.5) is 0 Å². The Morgan fingerprint density at radius 3 is 2.88 bits per heavy atom. The lowest BCUT2D eigenvalue weighted by atomic mass is 10.1. The third-order valence-corrected chi connectivity index (χ3v) is 6.98. The molecule has 0 unspecified atom stereocenters. The molecular formula is C17H23N3O5S. The van der Waals surface area contributed by atoms with E-state index in [1.54, 1.807) is 30.2 Å². The van der Waals surface area contributed by atoms with Crippen molar-refractivity contribution in [3.63, 3.8) is 0 Å². The Hall–Kier alpha value is -2.13. The zero-order valence-electron chi connectivity index (χ0n) is 15.1. The van der Waals surface area contributed by atoms with Gasteiger partial charge in [0.1, 0.15) is 11.4 Å². The number of amides is 1. The fourth-order valence-electron chi connectivity index (χ4n) is 3.18. The predicted molar refractivity (Wildman–Crippen MR) is 96.5 cm³/mol. The van der Waals surface area contributed by atoms with Crippen LogP contribution in [0.2, 0.25) is 0 Å². The molecule has 1 aromatic carbocycles. The first-order valence-electron chi connectivity index (χ1n) is 8.44. The first kappa shape index (κ1) is 18.7. The number of rotatable bonds is 5. The molecule has 1 aliphatic heterocycles. The number of carbonyl (C=O) groups is 1. The Balaban J connectivity index is 1.76. The molecule has 0 spiro atoms. The Morgan fingerprint density at radius 1 is 1.42 bits per heavy atom. The van der Waals surface area contributed by atoms with Gasteiger partial charge in [-0.25, -0.2) is 12.7 Å². The summed E-state index contributed by atoms with van der Waals surface area (Å²) in [6.45, 7) is 0.760. The van der Waals surface area contributed by atoms with Gasteiger partial charge in [0, 0.05) is 32.6 Å². The van der Waals surface area contributed by atoms with Crippen molar-refractivity contribution >= 4 is 26.9 Å². The molecule has 2 heterocycles. The number of likely N-dealkylation sites (tertiary alicyclic amines) is 1. The van der Waals surface area contributed by atoms with Gasteiger partial charge in [-0.3, -0.25) is 4.79 Å². The van der Waals surface area contributed by atoms with Crippen molar-refractivity contribution in [3.05, 3.63) is 23.9 Å². The number of piperidine rings is 1. The van der Waals surface area contributed by atoms with Gasteiger partial charge in [0.15, 0.2) is 5.58 Å². The van der Waals surface area contributed by atoms with Crippen LogP contribution >= 0.6 is 0 Å². The summed E-state index contributed by atoms with van der Waals surface area (Å²) in [6, 6.07) is 5.29. The third-order valence-electron chi connectivity index (χ3n) is 4.73. The Labute approximate surface area is 152 Å². The third kappa shape index (κ3) is 3.54. The van der Waals surface area contributed by atoms with Crippen LogP contribution in [-0.2, 0) is 21.2 Å². The van der Waals surface area contributed by atoms with E-state index in [4.69, 9.17) is 9.26 Å². The number of hydrogen-bond donors (Lipinski definition) is 0. The second-order valence-corrected chi connectivity index (χ2v) is 9.03. The maximum atomic E-state index is 12.7. The van der Waals surface area contributed by atoms with E-state index in [0.29, 0.717) is 36.4 Å². The molecular weight excluding hydrogens is 358 g/mol. The molecule has 3 rings (SSSR count). The zero-order valence-corrected chi connectivity index (χ0v) is 16.0. The number of sulfonamides is 1. The number of benzene rings is 1. The van der Waals surface area contributed by atoms with Crippen LogP contribution in [0.5, 0.6) is 5.75 Å². The van der Waals surface area contributed by atoms with E-state index >= 15 is 0 Å². The highest BCUT2D eigenvalue weighted by Gasteiger charge is 2.34. The highest BCUT2D eigenvalue weighted by molar-refractivity contribution is 7.89. The SMILES string of the molecule is COc1ccc2onc(CC(=O)N3CCC[C@H](S(=O)(=O)N(C)C)C3)c2c1. The lowest BCUT2D eigenvalue weighted by molar-refractivity contribution is -0.131. The smallest absolute Gasteiger partial charge is 0.228 e. The summed E-state index contributed by atoms with van der Waals surface area (Å²) in [5, 5.41) is 4.16. The normalized spacial score (nSPS) is 18.5. The van der Waals surface area contributed by atoms with E-state index < -0.39 is 15.3 Å². The van der Waals surface area contributed by atoms with E-state index in [1.165, 1.54) is 18.4 Å². The molecule has 142 valence electrons. The van der Waals surface area contributed by atoms with E-state index in [2.05, 4.69) is 5.16 Å². The number of nitrogens with zero attached hydrogens (tertiary/aromatic N) is 3. The Kier molecular flexibility index (Phi) is 5.19. The van der Waals surface area contributed by atoms with Gasteiger partial charge in [-0.05, 0) is 31.0 Å². The lowest BCUT2D eigenvalue weighted by Crippen LogP contribution is -2.48. The minimum Gasteiger partial charge on any atom is -0.497 e. The van der Waals surface area contributed by atoms with E-state index in [9.17, 15) is 13.2 Å². The summed E-state index contributed by atoms with van der Waals surface area (Å²) in [5.74, 6) is 0.506. The zero-order chi connectivity index (χ0) is 18.9. The van der Waals surface area contributed by atoms with Crippen LogP contribution in [0.15, 0.2) is 22.7 Å². The highest BCUT2D eigenvalue weighted by atomic mass is 32.2. The van der Waals surface area contributed by atoms with Crippen molar-refractivity contribution in [2.45, 2.75) is 24.5 Å².